The maximum atomic E-state index is 12.0. The first-order valence-electron chi connectivity index (χ1n) is 48.0. The number of aliphatic hydroxyl groups excluding tert-OH is 19. The minimum absolute atomic E-state index is 0.0104. The Balaban J connectivity index is 0.481. The predicted octanol–water partition coefficient (Wildman–Crippen LogP) is -1.90. The number of aliphatic hydroxyl groups is 19. The van der Waals surface area contributed by atoms with E-state index in [-0.39, 0.29) is 136 Å². The van der Waals surface area contributed by atoms with Gasteiger partial charge in [0.05, 0.1) is 188 Å². The average Bonchev–Trinajstić information content (AvgIpc) is 1.51. The molecule has 0 aliphatic carbocycles. The topological polar surface area (TPSA) is 558 Å². The lowest BCUT2D eigenvalue weighted by Crippen LogP contribution is -2.70. The van der Waals surface area contributed by atoms with E-state index in [2.05, 4.69) is 54.6 Å². The van der Waals surface area contributed by atoms with Crippen molar-refractivity contribution in [2.75, 3.05) is 6.61 Å². The number of fused-ring (bicyclic) bond motifs is 8. The minimum Gasteiger partial charge on any atom is -0.394 e. The van der Waals surface area contributed by atoms with Crippen LogP contribution in [0.5, 0.6) is 0 Å². The Morgan fingerprint density at radius 1 is 0.407 bits per heavy atom. The lowest BCUT2D eigenvalue weighted by molar-refractivity contribution is -0.329. The van der Waals surface area contributed by atoms with Crippen LogP contribution in [0.4, 0.5) is 0 Å². The van der Waals surface area contributed by atoms with Gasteiger partial charge in [0, 0.05) is 82.2 Å². The van der Waals surface area contributed by atoms with Crippen LogP contribution in [0.3, 0.4) is 0 Å². The normalized spacial score (nSPS) is 46.6. The smallest absolute Gasteiger partial charge is 0.187 e. The van der Waals surface area contributed by atoms with Gasteiger partial charge in [-0.3, -0.25) is 0 Å². The molecule has 135 heavy (non-hydrogen) atoms. The lowest BCUT2D eigenvalue weighted by Gasteiger charge is -2.54. The zero-order chi connectivity index (χ0) is 95.9. The van der Waals surface area contributed by atoms with Crippen LogP contribution in [-0.2, 0) is 75.8 Å². The van der Waals surface area contributed by atoms with Crippen molar-refractivity contribution in [2.45, 2.75) is 471 Å². The summed E-state index contributed by atoms with van der Waals surface area (Å²) in [6.45, 7) is 1.30. The molecule has 15 heterocycles. The number of alkyl halides is 2. The Bertz CT molecular complexity index is 4180. The molecule has 15 fully saturated rings. The summed E-state index contributed by atoms with van der Waals surface area (Å²) in [6.07, 6.45) is -26.7. The largest absolute Gasteiger partial charge is 0.394 e. The fourth-order valence-corrected chi connectivity index (χ4v) is 23.3. The van der Waals surface area contributed by atoms with Crippen LogP contribution in [0.1, 0.15) is 155 Å². The van der Waals surface area contributed by atoms with Gasteiger partial charge in [0.2, 0.25) is 0 Å². The molecule has 9 unspecified atom stereocenters. The highest BCUT2D eigenvalue weighted by Gasteiger charge is 2.62. The van der Waals surface area contributed by atoms with Gasteiger partial charge >= 0.3 is 0 Å². The molecular formula is C96H136Cl3NO35. The molecule has 15 aliphatic heterocycles. The highest BCUT2D eigenvalue weighted by Crippen LogP contribution is 2.49. The van der Waals surface area contributed by atoms with E-state index in [1.165, 1.54) is 5.54 Å². The quantitative estimate of drug-likeness (QED) is 0.0176. The summed E-state index contributed by atoms with van der Waals surface area (Å²) in [5.74, 6) is 18.6. The third-order valence-electron chi connectivity index (χ3n) is 29.8. The number of ether oxygens (including phenoxy) is 16. The lowest BCUT2D eigenvalue weighted by atomic mass is 9.81. The highest BCUT2D eigenvalue weighted by molar-refractivity contribution is 6.25. The molecule has 0 amide bonds. The van der Waals surface area contributed by atoms with Gasteiger partial charge in [-0.15, -0.1) is 29.6 Å². The zero-order valence-electron chi connectivity index (χ0n) is 75.2. The maximum absolute atomic E-state index is 12.0. The van der Waals surface area contributed by atoms with Crippen LogP contribution < -0.4 is 5.73 Å². The van der Waals surface area contributed by atoms with E-state index < -0.39 is 250 Å². The van der Waals surface area contributed by atoms with Crippen LogP contribution in [0, 0.1) is 53.8 Å². The summed E-state index contributed by atoms with van der Waals surface area (Å²) in [5.41, 5.74) is 7.76. The Labute approximate surface area is 800 Å². The average molecular weight is 1970 g/mol. The third-order valence-corrected chi connectivity index (χ3v) is 30.7. The molecule has 36 nitrogen and oxygen atoms in total. The predicted molar refractivity (Wildman–Crippen MR) is 476 cm³/mol. The van der Waals surface area contributed by atoms with E-state index in [1.807, 2.05) is 42.4 Å². The van der Waals surface area contributed by atoms with Crippen LogP contribution in [0.25, 0.3) is 0 Å². The van der Waals surface area contributed by atoms with Gasteiger partial charge in [-0.05, 0) is 107 Å². The second-order valence-electron chi connectivity index (χ2n) is 39.1. The van der Waals surface area contributed by atoms with Crippen molar-refractivity contribution < 1.29 is 173 Å². The van der Waals surface area contributed by atoms with Crippen LogP contribution in [0.2, 0.25) is 0 Å². The summed E-state index contributed by atoms with van der Waals surface area (Å²) in [7, 11) is 0. The number of rotatable bonds is 28. The summed E-state index contributed by atoms with van der Waals surface area (Å²) >= 11 is 18.8. The number of hydrogen-bond acceptors (Lipinski definition) is 36. The molecule has 0 aromatic carbocycles. The van der Waals surface area contributed by atoms with E-state index in [9.17, 15) is 97.0 Å². The Hall–Kier alpha value is -3.63. The Kier molecular flexibility index (Phi) is 37.9. The number of halogens is 3. The molecule has 0 spiro atoms. The van der Waals surface area contributed by atoms with Gasteiger partial charge in [0.15, 0.2) is 6.29 Å². The van der Waals surface area contributed by atoms with E-state index in [4.69, 9.17) is 123 Å². The van der Waals surface area contributed by atoms with E-state index in [1.54, 1.807) is 6.08 Å². The summed E-state index contributed by atoms with van der Waals surface area (Å²) in [5, 5.41) is 212. The van der Waals surface area contributed by atoms with Gasteiger partial charge in [-0.2, -0.15) is 0 Å². The summed E-state index contributed by atoms with van der Waals surface area (Å²) < 4.78 is 104. The van der Waals surface area contributed by atoms with Crippen molar-refractivity contribution >= 4 is 34.8 Å². The number of terminal acetylenes is 1. The number of allylic oxidation sites excluding steroid dienone is 6. The van der Waals surface area contributed by atoms with Crippen molar-refractivity contribution in [1.29, 1.82) is 0 Å². The molecule has 53 atom stereocenters. The molecule has 15 aliphatic rings. The Morgan fingerprint density at radius 2 is 0.859 bits per heavy atom. The van der Waals surface area contributed by atoms with Crippen LogP contribution in [-0.4, -0.2) is 420 Å². The first-order valence-corrected chi connectivity index (χ1v) is 49.4. The molecule has 21 N–H and O–H groups in total. The van der Waals surface area contributed by atoms with E-state index in [0.717, 1.165) is 25.7 Å². The first kappa shape index (κ1) is 106. The molecule has 15 saturated heterocycles. The molecule has 0 aromatic rings. The third kappa shape index (κ3) is 25.0. The van der Waals surface area contributed by atoms with Gasteiger partial charge in [0.25, 0.3) is 0 Å². The van der Waals surface area contributed by atoms with Crippen molar-refractivity contribution in [3.05, 3.63) is 60.2 Å². The molecule has 0 aromatic heterocycles. The monoisotopic (exact) mass is 1970 g/mol. The van der Waals surface area contributed by atoms with E-state index >= 15 is 0 Å². The fourth-order valence-electron chi connectivity index (χ4n) is 22.6. The van der Waals surface area contributed by atoms with E-state index in [0.29, 0.717) is 64.2 Å². The zero-order valence-corrected chi connectivity index (χ0v) is 77.4. The second kappa shape index (κ2) is 48.4. The molecule has 15 rings (SSSR count). The van der Waals surface area contributed by atoms with Gasteiger partial charge in [0.1, 0.15) is 122 Å². The highest BCUT2D eigenvalue weighted by atomic mass is 35.5. The molecule has 756 valence electrons. The minimum atomic E-state index is -2.35. The van der Waals surface area contributed by atoms with Gasteiger partial charge in [-0.25, -0.2) is 0 Å². The van der Waals surface area contributed by atoms with Gasteiger partial charge < -0.3 is 179 Å². The van der Waals surface area contributed by atoms with Crippen molar-refractivity contribution in [3.63, 3.8) is 0 Å². The van der Waals surface area contributed by atoms with Crippen molar-refractivity contribution in [2.24, 2.45) is 11.7 Å². The number of unbranched alkanes of at least 4 members (excludes halogenated alkanes) is 1. The Morgan fingerprint density at radius 3 is 1.50 bits per heavy atom. The second-order valence-corrected chi connectivity index (χ2v) is 40.5. The fraction of sp³-hybridized carbons (Fsp3) is 0.812. The number of hydrogen-bond donors (Lipinski definition) is 20. The number of nitrogens with two attached hydrogens (primary N) is 1. The molecule has 39 heteroatoms. The molecule has 0 saturated carbocycles. The standard InChI is InChI=1S/C96H136Cl3NO35/c1-3-4-15-23-47(98)75(109)79(113)80(114)76(110)49(102)35-50(103)88(135-96-85(119)78(112)74(43-101)132-96)51(104)38-70-77(111)81(115)82(116)94(131-70)95-84(118)83(117)93-62(130-95)31-30-61(129-93)90-54(107)39-72-87(133-90)48(99)34-71(126-72)91-55(108)40-73-92(134-91)53(106)36-64(125-73)57-26-27-58-63(121-57)33-44(2)86(127-58)59-28-29-60-89(128-59)52(105)37-65-67(123-60)42-68-69(124-65)41-66-56(122-68)25-24-46(120-66)22-18-14-17-21-45(100)20-16-12-10-8-6-5-7-9-11-13-19-32-97/h1,8,10,12,14,16-19,22,32,44-96,101-119H,7,9,20-21,23-31,33-43,100H2,2H3/b10-8-,16-12-,17-14-,22-18-,32-19-/t44-,45+,46+,47-,48+,49?,50?,51?,52+,53+,54-,55+,56-,57+,58+,59?,60-,61+,62+,63-,64-,65-,66-,67-,68+,69+,70+,71-,72+,73+,74+,75?,76?,77-,78+,79?,80?,81+,82-,83+,84-,85+,86-,87+,88?,89+,90+,91+,92+,93-,94+,95+,96+/m0/s1. The summed E-state index contributed by atoms with van der Waals surface area (Å²) in [4.78, 5) is 0. The molecule has 0 bridgehead atoms. The molecular weight excluding hydrogens is 1830 g/mol. The summed E-state index contributed by atoms with van der Waals surface area (Å²) in [6, 6.07) is -0.0104. The van der Waals surface area contributed by atoms with Crippen LogP contribution in [0.15, 0.2) is 60.2 Å². The molecule has 0 radical (unpaired) electrons. The maximum Gasteiger partial charge on any atom is 0.187 e. The van der Waals surface area contributed by atoms with Crippen molar-refractivity contribution in [1.82, 2.24) is 0 Å². The first-order chi connectivity index (χ1) is 64.9. The van der Waals surface area contributed by atoms with Crippen LogP contribution >= 0.6 is 34.8 Å². The SMILES string of the molecule is C#CC#CC[C@H](Cl)C(O)C(O)C(O)C(O)C(O)CC(O)C(O[C@H]1O[C@H](CO)[C@@H](O)[C@H]1O)C(O)C[C@H]1O[C@@H]([C@@H]2O[C@@H]3CC[C@H]([C@@H]4O[C@@H]5[C@H](Cl)C[C@@H]([C@@H]6O[C@@H]7[C@H](O)C[C@@H]([C@H]8CC[C@H]9O[C@H](C%10CC[C@@H]%11O[C@H]%12C[C@H]%13O[C@H]%14CC[C@@H](/C=C\C=C/C[C@H](N)C/C=C\C=C/C#CCCC#C/C=C\Cl)O[C@H]%14C[C@H]%13O[C@H]%12C[C@@H](O)[C@H]%11O%10)[C@@H](C)C[C@@H]9O8)O[C@@H]7C[C@H]6O)O[C@@H]5C[C@@H]4O)O[C@@H]3[C@H](O)[C@@H]2O)[C@@H](O)[C@H](O)[C@H]1O. The van der Waals surface area contributed by atoms with Crippen molar-refractivity contribution in [3.8, 4) is 47.9 Å². The van der Waals surface area contributed by atoms with Gasteiger partial charge in [-0.1, -0.05) is 90.7 Å².